The van der Waals surface area contributed by atoms with Gasteiger partial charge in [-0.25, -0.2) is 9.97 Å². The highest BCUT2D eigenvalue weighted by Crippen LogP contribution is 2.28. The maximum absolute atomic E-state index is 4.82. The number of likely N-dealkylation sites (N-methyl/N-ethyl adjacent to an activating group) is 2. The number of imidazole rings is 1. The van der Waals surface area contributed by atoms with Crippen molar-refractivity contribution < 1.29 is 0 Å². The van der Waals surface area contributed by atoms with Crippen LogP contribution in [0.5, 0.6) is 0 Å². The molecule has 3 aromatic rings. The molecule has 1 aliphatic rings. The number of benzene rings is 1. The summed E-state index contributed by atoms with van der Waals surface area (Å²) in [6, 6.07) is 10.8. The molecule has 1 aromatic carbocycles. The highest BCUT2D eigenvalue weighted by atomic mass is 32.1. The van der Waals surface area contributed by atoms with Crippen LogP contribution in [-0.2, 0) is 6.54 Å². The van der Waals surface area contributed by atoms with Crippen LogP contribution < -0.4 is 0 Å². The van der Waals surface area contributed by atoms with Crippen molar-refractivity contribution in [3.8, 4) is 22.1 Å². The molecule has 0 amide bonds. The van der Waals surface area contributed by atoms with E-state index in [4.69, 9.17) is 4.98 Å². The van der Waals surface area contributed by atoms with Gasteiger partial charge in [0.25, 0.3) is 0 Å². The van der Waals surface area contributed by atoms with E-state index in [0.717, 1.165) is 48.3 Å². The summed E-state index contributed by atoms with van der Waals surface area (Å²) in [5, 5.41) is 3.10. The molecule has 1 atom stereocenters. The number of hydrogen-bond acceptors (Lipinski definition) is 5. The molecule has 4 rings (SSSR count). The molecular formula is C19H23N5S. The zero-order chi connectivity index (χ0) is 17.2. The quantitative estimate of drug-likeness (QED) is 0.723. The first-order valence-corrected chi connectivity index (χ1v) is 9.50. The highest BCUT2D eigenvalue weighted by molar-refractivity contribution is 7.13. The minimum atomic E-state index is 0.500. The van der Waals surface area contributed by atoms with Gasteiger partial charge in [0.05, 0.1) is 5.69 Å². The molecule has 1 aliphatic heterocycles. The molecule has 0 bridgehead atoms. The minimum Gasteiger partial charge on any atom is -0.327 e. The van der Waals surface area contributed by atoms with Gasteiger partial charge >= 0.3 is 0 Å². The molecule has 0 spiro atoms. The van der Waals surface area contributed by atoms with Crippen molar-refractivity contribution in [1.82, 2.24) is 24.3 Å². The summed E-state index contributed by atoms with van der Waals surface area (Å²) in [6.45, 7) is 4.27. The van der Waals surface area contributed by atoms with Crippen LogP contribution in [0.1, 0.15) is 0 Å². The van der Waals surface area contributed by atoms with E-state index in [1.54, 1.807) is 11.3 Å². The van der Waals surface area contributed by atoms with Crippen molar-refractivity contribution >= 4 is 11.3 Å². The molecule has 2 aromatic heterocycles. The maximum atomic E-state index is 4.82. The second kappa shape index (κ2) is 7.07. The SMILES string of the molecule is CN1CCN(C)C(Cn2ccnc2-c2nc(-c3ccccc3)cs2)C1. The number of rotatable bonds is 4. The molecule has 6 heteroatoms. The van der Waals surface area contributed by atoms with E-state index in [9.17, 15) is 0 Å². The number of aromatic nitrogens is 3. The molecular weight excluding hydrogens is 330 g/mol. The molecule has 1 saturated heterocycles. The third-order valence-corrected chi connectivity index (χ3v) is 5.71. The summed E-state index contributed by atoms with van der Waals surface area (Å²) in [7, 11) is 4.41. The summed E-state index contributed by atoms with van der Waals surface area (Å²) in [5.74, 6) is 0.966. The molecule has 0 N–H and O–H groups in total. The van der Waals surface area contributed by atoms with Crippen LogP contribution in [0.2, 0.25) is 0 Å². The first-order chi connectivity index (χ1) is 12.2. The number of nitrogens with zero attached hydrogens (tertiary/aromatic N) is 5. The van der Waals surface area contributed by atoms with Crippen LogP contribution >= 0.6 is 11.3 Å². The molecule has 1 unspecified atom stereocenters. The van der Waals surface area contributed by atoms with Crippen LogP contribution in [0.25, 0.3) is 22.1 Å². The van der Waals surface area contributed by atoms with E-state index in [0.29, 0.717) is 6.04 Å². The Labute approximate surface area is 152 Å². The fraction of sp³-hybridized carbons (Fsp3) is 0.368. The van der Waals surface area contributed by atoms with Gasteiger partial charge in [0, 0.05) is 55.6 Å². The van der Waals surface area contributed by atoms with E-state index >= 15 is 0 Å². The van der Waals surface area contributed by atoms with E-state index in [2.05, 4.69) is 57.2 Å². The van der Waals surface area contributed by atoms with Gasteiger partial charge in [0.1, 0.15) is 0 Å². The Morgan fingerprint density at radius 1 is 1.16 bits per heavy atom. The fourth-order valence-electron chi connectivity index (χ4n) is 3.30. The summed E-state index contributed by atoms with van der Waals surface area (Å²) in [6.07, 6.45) is 3.95. The summed E-state index contributed by atoms with van der Waals surface area (Å²) in [4.78, 5) is 14.3. The van der Waals surface area contributed by atoms with Crippen molar-refractivity contribution in [1.29, 1.82) is 0 Å². The topological polar surface area (TPSA) is 37.2 Å². The molecule has 3 heterocycles. The van der Waals surface area contributed by atoms with Gasteiger partial charge in [-0.1, -0.05) is 30.3 Å². The molecule has 130 valence electrons. The first-order valence-electron chi connectivity index (χ1n) is 8.62. The average molecular weight is 353 g/mol. The number of thiazole rings is 1. The Bertz CT molecular complexity index is 825. The summed E-state index contributed by atoms with van der Waals surface area (Å²) < 4.78 is 2.24. The van der Waals surface area contributed by atoms with Crippen molar-refractivity contribution in [2.45, 2.75) is 12.6 Å². The van der Waals surface area contributed by atoms with Gasteiger partial charge in [-0.05, 0) is 14.1 Å². The average Bonchev–Trinajstić information content (AvgIpc) is 3.28. The first kappa shape index (κ1) is 16.4. The second-order valence-corrected chi connectivity index (χ2v) is 7.56. The Hall–Kier alpha value is -2.02. The third kappa shape index (κ3) is 3.51. The zero-order valence-electron chi connectivity index (χ0n) is 14.7. The lowest BCUT2D eigenvalue weighted by Crippen LogP contribution is -2.51. The van der Waals surface area contributed by atoms with Crippen molar-refractivity contribution in [3.05, 3.63) is 48.1 Å². The van der Waals surface area contributed by atoms with Crippen molar-refractivity contribution in [3.63, 3.8) is 0 Å². The minimum absolute atomic E-state index is 0.500. The van der Waals surface area contributed by atoms with Gasteiger partial charge in [-0.15, -0.1) is 11.3 Å². The number of piperazine rings is 1. The van der Waals surface area contributed by atoms with Gasteiger partial charge < -0.3 is 9.47 Å². The molecule has 1 fully saturated rings. The Balaban J connectivity index is 1.57. The Morgan fingerprint density at radius 3 is 2.84 bits per heavy atom. The molecule has 0 radical (unpaired) electrons. The predicted molar refractivity (Wildman–Crippen MR) is 103 cm³/mol. The number of hydrogen-bond donors (Lipinski definition) is 0. The van der Waals surface area contributed by atoms with Crippen LogP contribution in [-0.4, -0.2) is 64.1 Å². The van der Waals surface area contributed by atoms with Gasteiger partial charge in [-0.2, -0.15) is 0 Å². The maximum Gasteiger partial charge on any atom is 0.169 e. The lowest BCUT2D eigenvalue weighted by molar-refractivity contribution is 0.103. The van der Waals surface area contributed by atoms with Crippen molar-refractivity contribution in [2.24, 2.45) is 0 Å². The lowest BCUT2D eigenvalue weighted by atomic mass is 10.2. The van der Waals surface area contributed by atoms with Gasteiger partial charge in [-0.3, -0.25) is 4.90 Å². The molecule has 0 aliphatic carbocycles. The van der Waals surface area contributed by atoms with Crippen molar-refractivity contribution in [2.75, 3.05) is 33.7 Å². The Morgan fingerprint density at radius 2 is 2.00 bits per heavy atom. The molecule has 0 saturated carbocycles. The van der Waals surface area contributed by atoms with Crippen LogP contribution in [0.3, 0.4) is 0 Å². The van der Waals surface area contributed by atoms with E-state index in [1.165, 1.54) is 0 Å². The molecule has 5 nitrogen and oxygen atoms in total. The van der Waals surface area contributed by atoms with Crippen LogP contribution in [0.4, 0.5) is 0 Å². The third-order valence-electron chi connectivity index (χ3n) is 4.87. The summed E-state index contributed by atoms with van der Waals surface area (Å²) >= 11 is 1.66. The monoisotopic (exact) mass is 353 g/mol. The fourth-order valence-corrected chi connectivity index (χ4v) is 4.14. The normalized spacial score (nSPS) is 19.4. The Kier molecular flexibility index (Phi) is 4.65. The predicted octanol–water partition coefficient (Wildman–Crippen LogP) is 2.92. The molecule has 25 heavy (non-hydrogen) atoms. The van der Waals surface area contributed by atoms with Crippen LogP contribution in [0, 0.1) is 0 Å². The summed E-state index contributed by atoms with van der Waals surface area (Å²) in [5.41, 5.74) is 2.17. The van der Waals surface area contributed by atoms with E-state index < -0.39 is 0 Å². The van der Waals surface area contributed by atoms with Crippen LogP contribution in [0.15, 0.2) is 48.1 Å². The largest absolute Gasteiger partial charge is 0.327 e. The van der Waals surface area contributed by atoms with Gasteiger partial charge in [0.2, 0.25) is 0 Å². The zero-order valence-corrected chi connectivity index (χ0v) is 15.5. The van der Waals surface area contributed by atoms with Gasteiger partial charge in [0.15, 0.2) is 10.8 Å². The van der Waals surface area contributed by atoms with E-state index in [-0.39, 0.29) is 0 Å². The highest BCUT2D eigenvalue weighted by Gasteiger charge is 2.23. The lowest BCUT2D eigenvalue weighted by Gasteiger charge is -2.38. The smallest absolute Gasteiger partial charge is 0.169 e. The standard InChI is InChI=1S/C19H23N5S/c1-22-10-11-23(2)16(12-22)13-24-9-8-20-18(24)19-21-17(14-25-19)15-6-4-3-5-7-15/h3-9,14,16H,10-13H2,1-2H3. The van der Waals surface area contributed by atoms with E-state index in [1.807, 2.05) is 24.4 Å². The second-order valence-electron chi connectivity index (χ2n) is 6.70.